The van der Waals surface area contributed by atoms with Crippen LogP contribution in [0.15, 0.2) is 42.5 Å². The number of nitrogens with two attached hydrogens (primary N) is 2. The number of urea groups is 2. The number of phenols is 1. The van der Waals surface area contributed by atoms with Crippen molar-refractivity contribution in [2.45, 2.75) is 0 Å². The molecule has 0 bridgehead atoms. The topological polar surface area (TPSA) is 183 Å². The standard InChI is InChI=1S/C14H13N3O5.CH4N2O/c1-22-10-7-5-9(6-8-10)15-14(19)16-11-3-2-4-12(13(11)18)17(20)21;2-1(3)4/h2-8,18H,1H3,(H2,15,16,19);(H4,2,3,4). The number of hydrogen-bond acceptors (Lipinski definition) is 6. The number of nitro benzene ring substituents is 1. The predicted octanol–water partition coefficient (Wildman–Crippen LogP) is 1.98. The molecular weight excluding hydrogens is 346 g/mol. The third-order valence-electron chi connectivity index (χ3n) is 2.81. The van der Waals surface area contributed by atoms with Crippen molar-refractivity contribution in [3.8, 4) is 11.5 Å². The molecule has 2 rings (SSSR count). The van der Waals surface area contributed by atoms with E-state index >= 15 is 0 Å². The first-order valence-corrected chi connectivity index (χ1v) is 6.98. The summed E-state index contributed by atoms with van der Waals surface area (Å²) in [7, 11) is 1.53. The summed E-state index contributed by atoms with van der Waals surface area (Å²) >= 11 is 0. The Kier molecular flexibility index (Phi) is 7.18. The minimum atomic E-state index is -0.833. The van der Waals surface area contributed by atoms with Gasteiger partial charge in [-0.15, -0.1) is 0 Å². The Bertz CT molecular complexity index is 790. The van der Waals surface area contributed by atoms with Gasteiger partial charge in [0.25, 0.3) is 0 Å². The number of carbonyl (C=O) groups is 2. The van der Waals surface area contributed by atoms with E-state index in [4.69, 9.17) is 9.53 Å². The summed E-state index contributed by atoms with van der Waals surface area (Å²) in [6, 6.07) is 8.98. The zero-order chi connectivity index (χ0) is 19.7. The highest BCUT2D eigenvalue weighted by atomic mass is 16.6. The van der Waals surface area contributed by atoms with E-state index in [1.54, 1.807) is 24.3 Å². The van der Waals surface area contributed by atoms with E-state index in [1.165, 1.54) is 19.2 Å². The van der Waals surface area contributed by atoms with Gasteiger partial charge < -0.3 is 31.9 Å². The van der Waals surface area contributed by atoms with Crippen LogP contribution in [0.1, 0.15) is 0 Å². The zero-order valence-electron chi connectivity index (χ0n) is 13.6. The summed E-state index contributed by atoms with van der Waals surface area (Å²) in [5, 5.41) is 25.3. The molecule has 2 aromatic carbocycles. The van der Waals surface area contributed by atoms with Gasteiger partial charge in [0, 0.05) is 11.8 Å². The molecule has 0 fully saturated rings. The van der Waals surface area contributed by atoms with Crippen LogP contribution in [-0.4, -0.2) is 29.2 Å². The third-order valence-corrected chi connectivity index (χ3v) is 2.81. The van der Waals surface area contributed by atoms with Crippen molar-refractivity contribution in [3.63, 3.8) is 0 Å². The van der Waals surface area contributed by atoms with Crippen molar-refractivity contribution < 1.29 is 24.4 Å². The number of amides is 4. The van der Waals surface area contributed by atoms with Gasteiger partial charge in [-0.05, 0) is 30.3 Å². The number of nitrogens with one attached hydrogen (secondary N) is 2. The number of methoxy groups -OCH3 is 1. The second-order valence-corrected chi connectivity index (χ2v) is 4.64. The molecule has 11 heteroatoms. The average molecular weight is 363 g/mol. The number of phenolic OH excluding ortho intramolecular Hbond substituents is 1. The number of primary amides is 2. The van der Waals surface area contributed by atoms with Gasteiger partial charge in [0.1, 0.15) is 5.75 Å². The Morgan fingerprint density at radius 3 is 2.19 bits per heavy atom. The minimum absolute atomic E-state index is 0.0554. The van der Waals surface area contributed by atoms with E-state index in [-0.39, 0.29) is 5.69 Å². The number of rotatable bonds is 4. The van der Waals surface area contributed by atoms with Gasteiger partial charge in [-0.25, -0.2) is 9.59 Å². The lowest BCUT2D eigenvalue weighted by atomic mass is 10.2. The van der Waals surface area contributed by atoms with Crippen LogP contribution in [0.2, 0.25) is 0 Å². The molecule has 11 nitrogen and oxygen atoms in total. The number of anilines is 2. The number of aromatic hydroxyl groups is 1. The van der Waals surface area contributed by atoms with Crippen LogP contribution in [-0.2, 0) is 0 Å². The Hall–Kier alpha value is -4.02. The van der Waals surface area contributed by atoms with Gasteiger partial charge in [0.2, 0.25) is 5.75 Å². The molecule has 2 aromatic rings. The molecule has 0 atom stereocenters. The minimum Gasteiger partial charge on any atom is -0.501 e. The molecule has 0 heterocycles. The van der Waals surface area contributed by atoms with E-state index in [2.05, 4.69) is 22.1 Å². The quantitative estimate of drug-likeness (QED) is 0.314. The number of carbonyl (C=O) groups excluding carboxylic acids is 2. The van der Waals surface area contributed by atoms with Crippen LogP contribution in [0.4, 0.5) is 26.7 Å². The Morgan fingerprint density at radius 1 is 1.12 bits per heavy atom. The molecule has 0 saturated heterocycles. The van der Waals surface area contributed by atoms with Crippen molar-refractivity contribution in [1.82, 2.24) is 0 Å². The van der Waals surface area contributed by atoms with E-state index in [9.17, 15) is 20.0 Å². The molecule has 0 spiro atoms. The highest BCUT2D eigenvalue weighted by Gasteiger charge is 2.17. The van der Waals surface area contributed by atoms with Crippen molar-refractivity contribution in [2.24, 2.45) is 11.5 Å². The highest BCUT2D eigenvalue weighted by Crippen LogP contribution is 2.33. The molecular formula is C15H17N5O6. The lowest BCUT2D eigenvalue weighted by Gasteiger charge is -2.09. The Labute approximate surface area is 147 Å². The first-order valence-electron chi connectivity index (χ1n) is 6.98. The van der Waals surface area contributed by atoms with E-state index in [0.29, 0.717) is 11.4 Å². The number of para-hydroxylation sites is 1. The summed E-state index contributed by atoms with van der Waals surface area (Å²) in [5.41, 5.74) is 8.46. The molecule has 0 saturated carbocycles. The SMILES string of the molecule is COc1ccc(NC(=O)Nc2cccc([N+](=O)[O-])c2O)cc1.NC(N)=O. The van der Waals surface area contributed by atoms with E-state index in [0.717, 1.165) is 6.07 Å². The lowest BCUT2D eigenvalue weighted by Crippen LogP contribution is -2.19. The number of nitro groups is 1. The fraction of sp³-hybridized carbons (Fsp3) is 0.0667. The van der Waals surface area contributed by atoms with Crippen LogP contribution >= 0.6 is 0 Å². The number of ether oxygens (including phenoxy) is 1. The van der Waals surface area contributed by atoms with Crippen molar-refractivity contribution in [3.05, 3.63) is 52.6 Å². The highest BCUT2D eigenvalue weighted by molar-refractivity contribution is 6.01. The summed E-state index contributed by atoms with van der Waals surface area (Å²) in [6.45, 7) is 0. The fourth-order valence-corrected chi connectivity index (χ4v) is 1.74. The predicted molar refractivity (Wildman–Crippen MR) is 94.2 cm³/mol. The molecule has 0 unspecified atom stereocenters. The van der Waals surface area contributed by atoms with E-state index < -0.39 is 28.4 Å². The molecule has 0 aromatic heterocycles. The van der Waals surface area contributed by atoms with Gasteiger partial charge >= 0.3 is 17.7 Å². The Balaban J connectivity index is 0.000000765. The summed E-state index contributed by atoms with van der Waals surface area (Å²) in [4.78, 5) is 30.8. The maximum absolute atomic E-state index is 11.8. The normalized spacial score (nSPS) is 9.27. The fourth-order valence-electron chi connectivity index (χ4n) is 1.74. The van der Waals surface area contributed by atoms with Crippen LogP contribution < -0.4 is 26.8 Å². The van der Waals surface area contributed by atoms with Crippen LogP contribution in [0.5, 0.6) is 11.5 Å². The largest absolute Gasteiger partial charge is 0.501 e. The van der Waals surface area contributed by atoms with Gasteiger partial charge in [-0.2, -0.15) is 0 Å². The summed E-state index contributed by atoms with van der Waals surface area (Å²) in [6.07, 6.45) is 0. The first-order chi connectivity index (χ1) is 12.2. The second-order valence-electron chi connectivity index (χ2n) is 4.64. The molecule has 0 aliphatic rings. The maximum atomic E-state index is 11.8. The molecule has 0 aliphatic carbocycles. The van der Waals surface area contributed by atoms with Crippen LogP contribution in [0.25, 0.3) is 0 Å². The van der Waals surface area contributed by atoms with Gasteiger partial charge in [-0.3, -0.25) is 10.1 Å². The number of benzene rings is 2. The second kappa shape index (κ2) is 9.32. The maximum Gasteiger partial charge on any atom is 0.323 e. The third kappa shape index (κ3) is 6.23. The molecule has 0 radical (unpaired) electrons. The lowest BCUT2D eigenvalue weighted by molar-refractivity contribution is -0.385. The smallest absolute Gasteiger partial charge is 0.323 e. The zero-order valence-corrected chi connectivity index (χ0v) is 13.6. The van der Waals surface area contributed by atoms with Crippen LogP contribution in [0.3, 0.4) is 0 Å². The molecule has 138 valence electrons. The van der Waals surface area contributed by atoms with Gasteiger partial charge in [0.05, 0.1) is 17.7 Å². The van der Waals surface area contributed by atoms with Gasteiger partial charge in [0.15, 0.2) is 0 Å². The van der Waals surface area contributed by atoms with Crippen molar-refractivity contribution in [2.75, 3.05) is 17.7 Å². The number of nitrogens with zero attached hydrogens (tertiary/aromatic N) is 1. The summed E-state index contributed by atoms with van der Waals surface area (Å²) < 4.78 is 5.00. The average Bonchev–Trinajstić information content (AvgIpc) is 2.56. The van der Waals surface area contributed by atoms with E-state index in [1.807, 2.05) is 0 Å². The van der Waals surface area contributed by atoms with Crippen molar-refractivity contribution in [1.29, 1.82) is 0 Å². The Morgan fingerprint density at radius 2 is 1.69 bits per heavy atom. The molecule has 7 N–H and O–H groups in total. The first kappa shape index (κ1) is 20.0. The molecule has 26 heavy (non-hydrogen) atoms. The number of hydrogen-bond donors (Lipinski definition) is 5. The monoisotopic (exact) mass is 363 g/mol. The molecule has 0 aliphatic heterocycles. The summed E-state index contributed by atoms with van der Waals surface area (Å²) in [5.74, 6) is 0.0414. The van der Waals surface area contributed by atoms with Crippen LogP contribution in [0, 0.1) is 10.1 Å². The van der Waals surface area contributed by atoms with Gasteiger partial charge in [-0.1, -0.05) is 6.07 Å². The van der Waals surface area contributed by atoms with Crippen molar-refractivity contribution >= 4 is 29.1 Å². The molecule has 4 amide bonds.